The van der Waals surface area contributed by atoms with Gasteiger partial charge in [-0.05, 0) is 71.2 Å². The first kappa shape index (κ1) is 21.5. The van der Waals surface area contributed by atoms with Crippen LogP contribution in [0.5, 0.6) is 0 Å². The van der Waals surface area contributed by atoms with E-state index in [1.807, 2.05) is 32.9 Å². The van der Waals surface area contributed by atoms with Crippen LogP contribution in [0.3, 0.4) is 0 Å². The highest BCUT2D eigenvalue weighted by Gasteiger charge is 2.19. The summed E-state index contributed by atoms with van der Waals surface area (Å²) in [6.45, 7) is 7.89. The van der Waals surface area contributed by atoms with Crippen LogP contribution in [0.15, 0.2) is 24.3 Å². The molecule has 6 heteroatoms. The fraction of sp³-hybridized carbons (Fsp3) is 0.579. The number of piperidine rings is 1. The zero-order valence-corrected chi connectivity index (χ0v) is 16.2. The normalized spacial score (nSPS) is 15.2. The Morgan fingerprint density at radius 2 is 1.80 bits per heavy atom. The molecule has 0 bridgehead atoms. The van der Waals surface area contributed by atoms with Gasteiger partial charge in [0.2, 0.25) is 5.91 Å². The lowest BCUT2D eigenvalue weighted by atomic mass is 9.93. The lowest BCUT2D eigenvalue weighted by Gasteiger charge is -2.23. The Kier molecular flexibility index (Phi) is 8.39. The first-order chi connectivity index (χ1) is 11.3. The number of rotatable bonds is 5. The number of para-hydroxylation sites is 1. The van der Waals surface area contributed by atoms with Crippen molar-refractivity contribution in [2.45, 2.75) is 52.0 Å². The van der Waals surface area contributed by atoms with E-state index in [0.29, 0.717) is 23.6 Å². The zero-order chi connectivity index (χ0) is 17.6. The summed E-state index contributed by atoms with van der Waals surface area (Å²) in [7, 11) is 0. The molecular weight excluding hydrogens is 338 g/mol. The van der Waals surface area contributed by atoms with Gasteiger partial charge in [-0.1, -0.05) is 12.1 Å². The van der Waals surface area contributed by atoms with E-state index in [2.05, 4.69) is 16.0 Å². The second-order valence-electron chi connectivity index (χ2n) is 7.53. The summed E-state index contributed by atoms with van der Waals surface area (Å²) in [5.41, 5.74) is 0.764. The van der Waals surface area contributed by atoms with Crippen molar-refractivity contribution in [1.29, 1.82) is 0 Å². The molecule has 0 atom stereocenters. The minimum absolute atomic E-state index is 0. The summed E-state index contributed by atoms with van der Waals surface area (Å²) < 4.78 is 0. The molecule has 1 aromatic carbocycles. The van der Waals surface area contributed by atoms with Gasteiger partial charge in [0.15, 0.2) is 0 Å². The first-order valence-electron chi connectivity index (χ1n) is 8.77. The van der Waals surface area contributed by atoms with E-state index in [4.69, 9.17) is 0 Å². The monoisotopic (exact) mass is 367 g/mol. The van der Waals surface area contributed by atoms with Gasteiger partial charge in [-0.25, -0.2) is 0 Å². The molecule has 0 unspecified atom stereocenters. The number of nitrogens with one attached hydrogen (secondary N) is 3. The summed E-state index contributed by atoms with van der Waals surface area (Å²) in [6, 6.07) is 7.15. The van der Waals surface area contributed by atoms with Gasteiger partial charge in [0.1, 0.15) is 0 Å². The number of hydrogen-bond acceptors (Lipinski definition) is 3. The molecule has 2 amide bonds. The van der Waals surface area contributed by atoms with Crippen LogP contribution in [-0.4, -0.2) is 30.4 Å². The van der Waals surface area contributed by atoms with Gasteiger partial charge in [-0.3, -0.25) is 9.59 Å². The van der Waals surface area contributed by atoms with Crippen molar-refractivity contribution in [3.8, 4) is 0 Å². The number of carbonyl (C=O) groups is 2. The number of benzene rings is 1. The Balaban J connectivity index is 0.00000312. The molecule has 1 aliphatic rings. The van der Waals surface area contributed by atoms with Crippen molar-refractivity contribution in [1.82, 2.24) is 10.6 Å². The maximum atomic E-state index is 12.4. The molecule has 1 heterocycles. The van der Waals surface area contributed by atoms with Crippen molar-refractivity contribution in [2.24, 2.45) is 5.92 Å². The summed E-state index contributed by atoms with van der Waals surface area (Å²) >= 11 is 0. The van der Waals surface area contributed by atoms with Crippen molar-refractivity contribution in [2.75, 3.05) is 18.4 Å². The van der Waals surface area contributed by atoms with Gasteiger partial charge in [-0.15, -0.1) is 12.4 Å². The lowest BCUT2D eigenvalue weighted by Crippen LogP contribution is -2.40. The van der Waals surface area contributed by atoms with E-state index in [0.717, 1.165) is 32.4 Å². The standard InChI is InChI=1S/C19H29N3O2.ClH/c1-19(2,3)22-18(24)15-6-4-5-7-16(15)21-17(23)9-8-14-10-12-20-13-11-14;/h4-7,14,20H,8-13H2,1-3H3,(H,21,23)(H,22,24);1H. The van der Waals surface area contributed by atoms with E-state index < -0.39 is 0 Å². The molecule has 0 radical (unpaired) electrons. The average molecular weight is 368 g/mol. The average Bonchev–Trinajstić information content (AvgIpc) is 2.53. The summed E-state index contributed by atoms with van der Waals surface area (Å²) in [6.07, 6.45) is 3.68. The third-order valence-corrected chi connectivity index (χ3v) is 4.17. The molecular formula is C19H30ClN3O2. The maximum Gasteiger partial charge on any atom is 0.253 e. The smallest absolute Gasteiger partial charge is 0.253 e. The number of carbonyl (C=O) groups excluding carboxylic acids is 2. The molecule has 0 aliphatic carbocycles. The summed E-state index contributed by atoms with van der Waals surface area (Å²) in [4.78, 5) is 24.7. The number of halogens is 1. The second kappa shape index (κ2) is 9.78. The Bertz CT molecular complexity index is 578. The van der Waals surface area contributed by atoms with Gasteiger partial charge in [0.25, 0.3) is 5.91 Å². The molecule has 0 aromatic heterocycles. The fourth-order valence-electron chi connectivity index (χ4n) is 2.92. The van der Waals surface area contributed by atoms with Crippen LogP contribution in [0.2, 0.25) is 0 Å². The van der Waals surface area contributed by atoms with Crippen LogP contribution in [0, 0.1) is 5.92 Å². The van der Waals surface area contributed by atoms with Crippen molar-refractivity contribution in [3.05, 3.63) is 29.8 Å². The lowest BCUT2D eigenvalue weighted by molar-refractivity contribution is -0.116. The molecule has 1 fully saturated rings. The van der Waals surface area contributed by atoms with Crippen LogP contribution in [0.25, 0.3) is 0 Å². The van der Waals surface area contributed by atoms with Crippen LogP contribution >= 0.6 is 12.4 Å². The van der Waals surface area contributed by atoms with Gasteiger partial charge in [-0.2, -0.15) is 0 Å². The highest BCUT2D eigenvalue weighted by atomic mass is 35.5. The predicted molar refractivity (Wildman–Crippen MR) is 104 cm³/mol. The topological polar surface area (TPSA) is 70.2 Å². The molecule has 1 aromatic rings. The van der Waals surface area contributed by atoms with E-state index >= 15 is 0 Å². The summed E-state index contributed by atoms with van der Waals surface area (Å²) in [5.74, 6) is 0.428. The van der Waals surface area contributed by atoms with Crippen LogP contribution in [0.4, 0.5) is 5.69 Å². The number of hydrogen-bond donors (Lipinski definition) is 3. The Labute approximate surface area is 156 Å². The zero-order valence-electron chi connectivity index (χ0n) is 15.4. The third-order valence-electron chi connectivity index (χ3n) is 4.17. The molecule has 2 rings (SSSR count). The fourth-order valence-corrected chi connectivity index (χ4v) is 2.92. The van der Waals surface area contributed by atoms with Gasteiger partial charge in [0.05, 0.1) is 11.3 Å². The second-order valence-corrected chi connectivity index (χ2v) is 7.53. The van der Waals surface area contributed by atoms with Crippen molar-refractivity contribution in [3.63, 3.8) is 0 Å². The van der Waals surface area contributed by atoms with Crippen molar-refractivity contribution < 1.29 is 9.59 Å². The Hall–Kier alpha value is -1.59. The molecule has 0 saturated carbocycles. The van der Waals surface area contributed by atoms with E-state index in [-0.39, 0.29) is 29.8 Å². The molecule has 1 aliphatic heterocycles. The predicted octanol–water partition coefficient (Wildman–Crippen LogP) is 3.36. The maximum absolute atomic E-state index is 12.4. The Morgan fingerprint density at radius 1 is 1.16 bits per heavy atom. The van der Waals surface area contributed by atoms with E-state index in [1.54, 1.807) is 12.1 Å². The number of amides is 2. The quantitative estimate of drug-likeness (QED) is 0.747. The molecule has 140 valence electrons. The first-order valence-corrected chi connectivity index (χ1v) is 8.77. The molecule has 3 N–H and O–H groups in total. The summed E-state index contributed by atoms with van der Waals surface area (Å²) in [5, 5.41) is 9.17. The van der Waals surface area contributed by atoms with Crippen LogP contribution < -0.4 is 16.0 Å². The van der Waals surface area contributed by atoms with Crippen LogP contribution in [-0.2, 0) is 4.79 Å². The molecule has 1 saturated heterocycles. The van der Waals surface area contributed by atoms with Gasteiger partial charge < -0.3 is 16.0 Å². The highest BCUT2D eigenvalue weighted by Crippen LogP contribution is 2.20. The Morgan fingerprint density at radius 3 is 2.44 bits per heavy atom. The van der Waals surface area contributed by atoms with E-state index in [1.165, 1.54) is 0 Å². The van der Waals surface area contributed by atoms with E-state index in [9.17, 15) is 9.59 Å². The SMILES string of the molecule is CC(C)(C)NC(=O)c1ccccc1NC(=O)CCC1CCNCC1.Cl. The molecule has 0 spiro atoms. The number of anilines is 1. The van der Waals surface area contributed by atoms with Crippen molar-refractivity contribution >= 4 is 29.9 Å². The van der Waals surface area contributed by atoms with Gasteiger partial charge >= 0.3 is 0 Å². The molecule has 5 nitrogen and oxygen atoms in total. The highest BCUT2D eigenvalue weighted by molar-refractivity contribution is 6.03. The minimum atomic E-state index is -0.316. The van der Waals surface area contributed by atoms with Crippen LogP contribution in [0.1, 0.15) is 56.8 Å². The largest absolute Gasteiger partial charge is 0.347 e. The molecule has 25 heavy (non-hydrogen) atoms. The minimum Gasteiger partial charge on any atom is -0.347 e. The third kappa shape index (κ3) is 7.45. The van der Waals surface area contributed by atoms with Gasteiger partial charge in [0, 0.05) is 12.0 Å².